The largest absolute Gasteiger partial charge is 0.623 e. The quantitative estimate of drug-likeness (QED) is 0.330. The minimum absolute atomic E-state index is 0.365. The summed E-state index contributed by atoms with van der Waals surface area (Å²) in [6.07, 6.45) is 1.62. The molecular formula is C9H12BrNOS. The van der Waals surface area contributed by atoms with Gasteiger partial charge in [-0.25, -0.2) is 4.74 Å². The van der Waals surface area contributed by atoms with Gasteiger partial charge in [-0.1, -0.05) is 0 Å². The summed E-state index contributed by atoms with van der Waals surface area (Å²) in [5.74, 6) is 0. The lowest BCUT2D eigenvalue weighted by molar-refractivity contribution is -0.530. The number of halogens is 1. The van der Waals surface area contributed by atoms with Gasteiger partial charge in [0.25, 0.3) is 0 Å². The predicted octanol–water partition coefficient (Wildman–Crippen LogP) is 3.24. The molecule has 0 aliphatic rings. The lowest BCUT2D eigenvalue weighted by Gasteiger charge is -2.18. The summed E-state index contributed by atoms with van der Waals surface area (Å²) in [5, 5.41) is 11.5. The molecule has 0 N–H and O–H groups in total. The van der Waals surface area contributed by atoms with E-state index in [9.17, 15) is 5.21 Å². The zero-order valence-electron chi connectivity index (χ0n) is 7.87. The lowest BCUT2D eigenvalue weighted by Crippen LogP contribution is -2.29. The van der Waals surface area contributed by atoms with Gasteiger partial charge in [0, 0.05) is 20.8 Å². The Morgan fingerprint density at radius 3 is 2.46 bits per heavy atom. The number of nitrogens with zero attached hydrogens (tertiary/aromatic N) is 1. The van der Waals surface area contributed by atoms with Crippen LogP contribution in [0.25, 0.3) is 0 Å². The van der Waals surface area contributed by atoms with Crippen molar-refractivity contribution >= 4 is 33.5 Å². The fourth-order valence-corrected chi connectivity index (χ4v) is 2.05. The molecule has 1 aromatic heterocycles. The highest BCUT2D eigenvalue weighted by atomic mass is 79.9. The van der Waals surface area contributed by atoms with Gasteiger partial charge in [-0.15, -0.1) is 11.3 Å². The van der Waals surface area contributed by atoms with Crippen molar-refractivity contribution in [3.63, 3.8) is 0 Å². The van der Waals surface area contributed by atoms with E-state index in [2.05, 4.69) is 15.9 Å². The van der Waals surface area contributed by atoms with Gasteiger partial charge in [0.1, 0.15) is 0 Å². The van der Waals surface area contributed by atoms with E-state index in [1.807, 2.05) is 32.9 Å². The minimum atomic E-state index is -0.365. The molecule has 0 fully saturated rings. The number of hydroxylamine groups is 1. The van der Waals surface area contributed by atoms with Crippen molar-refractivity contribution in [2.75, 3.05) is 0 Å². The van der Waals surface area contributed by atoms with Crippen LogP contribution in [0.4, 0.5) is 0 Å². The first-order chi connectivity index (χ1) is 5.89. The van der Waals surface area contributed by atoms with Crippen molar-refractivity contribution in [2.24, 2.45) is 0 Å². The standard InChI is InChI=1S/C9H12BrNOS/c1-9(2,3)11(12)6-7-4-5-8(10)13-7/h4-6H,1-3H3/b11-6+. The van der Waals surface area contributed by atoms with Crippen LogP contribution in [-0.2, 0) is 0 Å². The molecular weight excluding hydrogens is 250 g/mol. The average Bonchev–Trinajstić information content (AvgIpc) is 2.33. The van der Waals surface area contributed by atoms with Gasteiger partial charge in [-0.2, -0.15) is 0 Å². The molecule has 0 saturated heterocycles. The Hall–Kier alpha value is -0.350. The fraction of sp³-hybridized carbons (Fsp3) is 0.444. The third-order valence-corrected chi connectivity index (χ3v) is 3.06. The highest BCUT2D eigenvalue weighted by Crippen LogP contribution is 2.20. The van der Waals surface area contributed by atoms with Crippen LogP contribution in [-0.4, -0.2) is 16.5 Å². The molecule has 0 amide bonds. The summed E-state index contributed by atoms with van der Waals surface area (Å²) in [5.41, 5.74) is -0.365. The summed E-state index contributed by atoms with van der Waals surface area (Å²) in [4.78, 5) is 0.969. The van der Waals surface area contributed by atoms with E-state index in [0.717, 1.165) is 13.4 Å². The van der Waals surface area contributed by atoms with E-state index < -0.39 is 0 Å². The van der Waals surface area contributed by atoms with Gasteiger partial charge in [0.2, 0.25) is 0 Å². The fourth-order valence-electron chi connectivity index (χ4n) is 0.707. The Balaban J connectivity index is 2.89. The van der Waals surface area contributed by atoms with Crippen LogP contribution in [0.15, 0.2) is 15.9 Å². The normalized spacial score (nSPS) is 13.4. The number of hydrogen-bond acceptors (Lipinski definition) is 2. The molecule has 0 bridgehead atoms. The first-order valence-corrected chi connectivity index (χ1v) is 5.57. The molecule has 0 spiro atoms. The monoisotopic (exact) mass is 261 g/mol. The SMILES string of the molecule is CC(C)(C)/[N+]([O-])=C\c1ccc(Br)s1. The Bertz CT molecular complexity index is 325. The van der Waals surface area contributed by atoms with Crippen LogP contribution in [0.3, 0.4) is 0 Å². The Morgan fingerprint density at radius 1 is 1.46 bits per heavy atom. The van der Waals surface area contributed by atoms with E-state index in [-0.39, 0.29) is 5.54 Å². The molecule has 1 rings (SSSR count). The van der Waals surface area contributed by atoms with Crippen molar-refractivity contribution < 1.29 is 4.74 Å². The highest BCUT2D eigenvalue weighted by molar-refractivity contribution is 9.11. The second-order valence-electron chi connectivity index (χ2n) is 3.77. The summed E-state index contributed by atoms with van der Waals surface area (Å²) in [6.45, 7) is 5.66. The zero-order valence-corrected chi connectivity index (χ0v) is 10.3. The lowest BCUT2D eigenvalue weighted by atomic mass is 10.1. The van der Waals surface area contributed by atoms with E-state index in [0.29, 0.717) is 0 Å². The highest BCUT2D eigenvalue weighted by Gasteiger charge is 2.18. The maximum Gasteiger partial charge on any atom is 0.192 e. The Kier molecular flexibility index (Phi) is 3.14. The van der Waals surface area contributed by atoms with Gasteiger partial charge < -0.3 is 5.21 Å². The first-order valence-electron chi connectivity index (χ1n) is 3.96. The average molecular weight is 262 g/mol. The molecule has 13 heavy (non-hydrogen) atoms. The van der Waals surface area contributed by atoms with Crippen molar-refractivity contribution in [3.8, 4) is 0 Å². The molecule has 1 aromatic rings. The first kappa shape index (κ1) is 10.7. The van der Waals surface area contributed by atoms with Gasteiger partial charge in [0.15, 0.2) is 11.8 Å². The van der Waals surface area contributed by atoms with Crippen LogP contribution in [0, 0.1) is 5.21 Å². The summed E-state index contributed by atoms with van der Waals surface area (Å²) >= 11 is 4.90. The van der Waals surface area contributed by atoms with Crippen LogP contribution < -0.4 is 0 Å². The van der Waals surface area contributed by atoms with E-state index in [1.165, 1.54) is 0 Å². The van der Waals surface area contributed by atoms with E-state index in [1.54, 1.807) is 17.6 Å². The van der Waals surface area contributed by atoms with Gasteiger partial charge in [-0.05, 0) is 28.1 Å². The van der Waals surface area contributed by atoms with Crippen molar-refractivity contribution in [2.45, 2.75) is 26.3 Å². The van der Waals surface area contributed by atoms with Crippen molar-refractivity contribution in [1.82, 2.24) is 0 Å². The van der Waals surface area contributed by atoms with E-state index in [4.69, 9.17) is 0 Å². The van der Waals surface area contributed by atoms with Crippen LogP contribution >= 0.6 is 27.3 Å². The van der Waals surface area contributed by atoms with Crippen molar-refractivity contribution in [1.29, 1.82) is 0 Å². The molecule has 0 atom stereocenters. The van der Waals surface area contributed by atoms with Gasteiger partial charge in [-0.3, -0.25) is 0 Å². The Labute approximate surface area is 90.6 Å². The molecule has 0 saturated carbocycles. The second kappa shape index (κ2) is 3.80. The maximum absolute atomic E-state index is 11.5. The number of thiophene rings is 1. The number of rotatable bonds is 1. The molecule has 0 radical (unpaired) electrons. The smallest absolute Gasteiger partial charge is 0.192 e. The molecule has 0 unspecified atom stereocenters. The summed E-state index contributed by atoms with van der Waals surface area (Å²) in [6, 6.07) is 3.86. The Morgan fingerprint density at radius 2 is 2.08 bits per heavy atom. The third-order valence-electron chi connectivity index (χ3n) is 1.50. The number of hydrogen-bond donors (Lipinski definition) is 0. The third kappa shape index (κ3) is 3.12. The van der Waals surface area contributed by atoms with Crippen LogP contribution in [0.2, 0.25) is 0 Å². The topological polar surface area (TPSA) is 26.1 Å². The van der Waals surface area contributed by atoms with Gasteiger partial charge in [0.05, 0.1) is 8.66 Å². The van der Waals surface area contributed by atoms with Crippen LogP contribution in [0.1, 0.15) is 25.6 Å². The molecule has 2 nitrogen and oxygen atoms in total. The van der Waals surface area contributed by atoms with E-state index >= 15 is 0 Å². The molecule has 0 aromatic carbocycles. The second-order valence-corrected chi connectivity index (χ2v) is 6.26. The molecule has 72 valence electrons. The minimum Gasteiger partial charge on any atom is -0.623 e. The molecule has 0 aliphatic carbocycles. The van der Waals surface area contributed by atoms with Gasteiger partial charge >= 0.3 is 0 Å². The zero-order chi connectivity index (χ0) is 10.1. The molecule has 0 aliphatic heterocycles. The predicted molar refractivity (Wildman–Crippen MR) is 60.6 cm³/mol. The van der Waals surface area contributed by atoms with Crippen molar-refractivity contribution in [3.05, 3.63) is 26.0 Å². The summed E-state index contributed by atoms with van der Waals surface area (Å²) in [7, 11) is 0. The molecule has 4 heteroatoms. The maximum atomic E-state index is 11.5. The summed E-state index contributed by atoms with van der Waals surface area (Å²) < 4.78 is 2.02. The molecule has 1 heterocycles. The van der Waals surface area contributed by atoms with Crippen LogP contribution in [0.5, 0.6) is 0 Å².